The third-order valence-electron chi connectivity index (χ3n) is 2.16. The Balaban J connectivity index is 2.31. The van der Waals surface area contributed by atoms with E-state index in [0.29, 0.717) is 5.56 Å². The van der Waals surface area contributed by atoms with E-state index in [4.69, 9.17) is 5.11 Å². The Morgan fingerprint density at radius 2 is 1.95 bits per heavy atom. The summed E-state index contributed by atoms with van der Waals surface area (Å²) in [5.41, 5.74) is 0.549. The van der Waals surface area contributed by atoms with Crippen molar-refractivity contribution in [1.29, 1.82) is 0 Å². The van der Waals surface area contributed by atoms with Crippen molar-refractivity contribution in [1.82, 2.24) is 10.6 Å². The van der Waals surface area contributed by atoms with Gasteiger partial charge in [0, 0.05) is 13.0 Å². The Hall–Kier alpha value is -2.44. The van der Waals surface area contributed by atoms with E-state index in [0.717, 1.165) is 0 Å². The number of amides is 3. The molecule has 3 amide bonds. The number of rotatable bonds is 5. The molecule has 7 heteroatoms. The molecule has 0 bridgehead atoms. The Bertz CT molecular complexity index is 490. The predicted molar refractivity (Wildman–Crippen MR) is 63.6 cm³/mol. The van der Waals surface area contributed by atoms with Crippen molar-refractivity contribution in [3.8, 4) is 0 Å². The van der Waals surface area contributed by atoms with Crippen molar-refractivity contribution in [2.45, 2.75) is 19.4 Å². The van der Waals surface area contributed by atoms with E-state index in [1.54, 1.807) is 6.07 Å². The summed E-state index contributed by atoms with van der Waals surface area (Å²) in [5, 5.41) is 12.7. The zero-order valence-electron chi connectivity index (χ0n) is 9.98. The molecule has 0 saturated heterocycles. The zero-order chi connectivity index (χ0) is 14.3. The topological polar surface area (TPSA) is 95.5 Å². The number of halogens is 1. The molecule has 1 aromatic rings. The molecule has 1 aromatic carbocycles. The Kier molecular flexibility index (Phi) is 5.46. The zero-order valence-corrected chi connectivity index (χ0v) is 9.98. The van der Waals surface area contributed by atoms with Crippen molar-refractivity contribution in [3.05, 3.63) is 35.6 Å². The van der Waals surface area contributed by atoms with Gasteiger partial charge in [0.05, 0.1) is 6.42 Å². The monoisotopic (exact) mass is 268 g/mol. The normalized spacial score (nSPS) is 9.74. The van der Waals surface area contributed by atoms with Crippen molar-refractivity contribution < 1.29 is 23.9 Å². The molecule has 0 unspecified atom stereocenters. The van der Waals surface area contributed by atoms with E-state index < -0.39 is 23.7 Å². The first-order valence-electron chi connectivity index (χ1n) is 5.51. The summed E-state index contributed by atoms with van der Waals surface area (Å²) < 4.78 is 12.8. The number of hydrogen-bond acceptors (Lipinski definition) is 3. The molecule has 0 fully saturated rings. The van der Waals surface area contributed by atoms with E-state index in [9.17, 15) is 18.8 Å². The first-order valence-corrected chi connectivity index (χ1v) is 5.51. The van der Waals surface area contributed by atoms with Crippen LogP contribution in [-0.4, -0.2) is 23.0 Å². The molecule has 0 aliphatic carbocycles. The minimum atomic E-state index is -1.12. The molecule has 0 saturated carbocycles. The number of carboxylic acids is 1. The third kappa shape index (κ3) is 6.16. The van der Waals surface area contributed by atoms with Crippen LogP contribution in [0.3, 0.4) is 0 Å². The Labute approximate surface area is 108 Å². The summed E-state index contributed by atoms with van der Waals surface area (Å²) in [6.07, 6.45) is -0.619. The summed E-state index contributed by atoms with van der Waals surface area (Å²) >= 11 is 0. The summed E-state index contributed by atoms with van der Waals surface area (Å²) in [7, 11) is 0. The van der Waals surface area contributed by atoms with Crippen LogP contribution in [0.2, 0.25) is 0 Å². The van der Waals surface area contributed by atoms with Gasteiger partial charge in [-0.1, -0.05) is 12.1 Å². The van der Waals surface area contributed by atoms with Gasteiger partial charge in [-0.15, -0.1) is 0 Å². The lowest BCUT2D eigenvalue weighted by molar-refractivity contribution is -0.138. The SMILES string of the molecule is O=C(O)CCC(=O)NC(=O)NCc1cccc(F)c1. The van der Waals surface area contributed by atoms with Gasteiger partial charge in [-0.2, -0.15) is 0 Å². The molecule has 19 heavy (non-hydrogen) atoms. The lowest BCUT2D eigenvalue weighted by Gasteiger charge is -2.06. The second-order valence-electron chi connectivity index (χ2n) is 3.75. The number of carbonyl (C=O) groups excluding carboxylic acids is 2. The fourth-order valence-corrected chi connectivity index (χ4v) is 1.28. The van der Waals surface area contributed by atoms with Crippen LogP contribution < -0.4 is 10.6 Å². The number of aliphatic carboxylic acids is 1. The highest BCUT2D eigenvalue weighted by molar-refractivity contribution is 5.95. The van der Waals surface area contributed by atoms with Crippen LogP contribution in [0.4, 0.5) is 9.18 Å². The van der Waals surface area contributed by atoms with E-state index in [1.807, 2.05) is 5.32 Å². The van der Waals surface area contributed by atoms with Gasteiger partial charge in [-0.25, -0.2) is 9.18 Å². The fraction of sp³-hybridized carbons (Fsp3) is 0.250. The number of imide groups is 1. The first kappa shape index (κ1) is 14.6. The molecule has 0 atom stereocenters. The highest BCUT2D eigenvalue weighted by atomic mass is 19.1. The Morgan fingerprint density at radius 1 is 1.21 bits per heavy atom. The van der Waals surface area contributed by atoms with Crippen LogP contribution in [0.25, 0.3) is 0 Å². The molecule has 0 heterocycles. The minimum Gasteiger partial charge on any atom is -0.481 e. The lowest BCUT2D eigenvalue weighted by atomic mass is 10.2. The second-order valence-corrected chi connectivity index (χ2v) is 3.75. The molecular weight excluding hydrogens is 255 g/mol. The molecule has 1 rings (SSSR count). The van der Waals surface area contributed by atoms with Crippen LogP contribution in [0, 0.1) is 5.82 Å². The highest BCUT2D eigenvalue weighted by Gasteiger charge is 2.09. The Morgan fingerprint density at radius 3 is 2.58 bits per heavy atom. The maximum Gasteiger partial charge on any atom is 0.321 e. The van der Waals surface area contributed by atoms with Crippen molar-refractivity contribution in [2.24, 2.45) is 0 Å². The van der Waals surface area contributed by atoms with Gasteiger partial charge < -0.3 is 10.4 Å². The largest absolute Gasteiger partial charge is 0.481 e. The van der Waals surface area contributed by atoms with Crippen LogP contribution in [0.5, 0.6) is 0 Å². The average molecular weight is 268 g/mol. The molecule has 0 aromatic heterocycles. The highest BCUT2D eigenvalue weighted by Crippen LogP contribution is 2.02. The van der Waals surface area contributed by atoms with Crippen LogP contribution >= 0.6 is 0 Å². The smallest absolute Gasteiger partial charge is 0.321 e. The summed E-state index contributed by atoms with van der Waals surface area (Å²) in [4.78, 5) is 32.6. The van der Waals surface area contributed by atoms with Gasteiger partial charge in [-0.3, -0.25) is 14.9 Å². The standard InChI is InChI=1S/C12H13FN2O4/c13-9-3-1-2-8(6-9)7-14-12(19)15-10(16)4-5-11(17)18/h1-3,6H,4-5,7H2,(H,17,18)(H2,14,15,16,19). The maximum absolute atomic E-state index is 12.8. The first-order chi connectivity index (χ1) is 8.97. The predicted octanol–water partition coefficient (Wildman–Crippen LogP) is 1.02. The van der Waals surface area contributed by atoms with E-state index in [2.05, 4.69) is 5.32 Å². The summed E-state index contributed by atoms with van der Waals surface area (Å²) in [6, 6.07) is 4.91. The molecular formula is C12H13FN2O4. The van der Waals surface area contributed by atoms with Gasteiger partial charge in [0.1, 0.15) is 5.82 Å². The molecule has 3 N–H and O–H groups in total. The van der Waals surface area contributed by atoms with Crippen LogP contribution in [0.1, 0.15) is 18.4 Å². The number of benzene rings is 1. The van der Waals surface area contributed by atoms with Gasteiger partial charge in [0.25, 0.3) is 0 Å². The average Bonchev–Trinajstić information content (AvgIpc) is 2.34. The molecule has 0 aliphatic heterocycles. The number of urea groups is 1. The van der Waals surface area contributed by atoms with E-state index in [-0.39, 0.29) is 19.4 Å². The van der Waals surface area contributed by atoms with Crippen molar-refractivity contribution in [2.75, 3.05) is 0 Å². The van der Waals surface area contributed by atoms with Gasteiger partial charge in [0.2, 0.25) is 5.91 Å². The molecule has 0 radical (unpaired) electrons. The third-order valence-corrected chi connectivity index (χ3v) is 2.16. The van der Waals surface area contributed by atoms with Gasteiger partial charge in [0.15, 0.2) is 0 Å². The van der Waals surface area contributed by atoms with Crippen LogP contribution in [-0.2, 0) is 16.1 Å². The summed E-state index contributed by atoms with van der Waals surface area (Å²) in [5.74, 6) is -2.22. The number of hydrogen-bond donors (Lipinski definition) is 3. The minimum absolute atomic E-state index is 0.0653. The number of nitrogens with one attached hydrogen (secondary N) is 2. The number of carboxylic acid groups (broad SMARTS) is 1. The lowest BCUT2D eigenvalue weighted by Crippen LogP contribution is -2.39. The van der Waals surface area contributed by atoms with E-state index in [1.165, 1.54) is 18.2 Å². The second kappa shape index (κ2) is 7.10. The molecule has 0 spiro atoms. The summed E-state index contributed by atoms with van der Waals surface area (Å²) in [6.45, 7) is 0.0653. The van der Waals surface area contributed by atoms with E-state index >= 15 is 0 Å². The quantitative estimate of drug-likeness (QED) is 0.742. The molecule has 6 nitrogen and oxygen atoms in total. The molecule has 102 valence electrons. The van der Waals surface area contributed by atoms with Crippen molar-refractivity contribution in [3.63, 3.8) is 0 Å². The number of carbonyl (C=O) groups is 3. The van der Waals surface area contributed by atoms with Crippen molar-refractivity contribution >= 4 is 17.9 Å². The van der Waals surface area contributed by atoms with Gasteiger partial charge in [-0.05, 0) is 17.7 Å². The fourth-order valence-electron chi connectivity index (χ4n) is 1.28. The molecule has 0 aliphatic rings. The van der Waals surface area contributed by atoms with Gasteiger partial charge >= 0.3 is 12.0 Å². The van der Waals surface area contributed by atoms with Crippen LogP contribution in [0.15, 0.2) is 24.3 Å². The maximum atomic E-state index is 12.8.